The topological polar surface area (TPSA) is 94.5 Å². The molecule has 0 spiro atoms. The number of carbonyl (C=O) groups excluding carboxylic acids is 1. The number of hydrogen-bond acceptors (Lipinski definition) is 8. The first-order valence-electron chi connectivity index (χ1n) is 22.5. The molecule has 1 unspecified atom stereocenters. The summed E-state index contributed by atoms with van der Waals surface area (Å²) >= 11 is 0. The van der Waals surface area contributed by atoms with E-state index in [0.29, 0.717) is 32.8 Å². The van der Waals surface area contributed by atoms with E-state index in [1.165, 1.54) is 103 Å². The van der Waals surface area contributed by atoms with Crippen molar-refractivity contribution in [3.63, 3.8) is 0 Å². The first kappa shape index (κ1) is 51.5. The summed E-state index contributed by atoms with van der Waals surface area (Å²) in [6.45, 7) is 11.6. The van der Waals surface area contributed by atoms with Crippen molar-refractivity contribution in [3.05, 3.63) is 0 Å². The van der Waals surface area contributed by atoms with E-state index in [0.717, 1.165) is 110 Å². The second kappa shape index (κ2) is 41.7. The van der Waals surface area contributed by atoms with Crippen LogP contribution in [0.25, 0.3) is 0 Å². The molecule has 0 bridgehead atoms. The number of hydrogen-bond donors (Lipinski definition) is 1. The van der Waals surface area contributed by atoms with Gasteiger partial charge in [0.2, 0.25) is 0 Å². The van der Waals surface area contributed by atoms with Gasteiger partial charge in [0.15, 0.2) is 0 Å². The zero-order valence-electron chi connectivity index (χ0n) is 34.9. The lowest BCUT2D eigenvalue weighted by Crippen LogP contribution is -2.29. The van der Waals surface area contributed by atoms with Crippen molar-refractivity contribution in [1.82, 2.24) is 4.90 Å². The molecule has 0 heterocycles. The molecule has 1 N–H and O–H groups in total. The molecule has 312 valence electrons. The van der Waals surface area contributed by atoms with Crippen molar-refractivity contribution in [2.24, 2.45) is 0 Å². The van der Waals surface area contributed by atoms with Crippen molar-refractivity contribution in [2.45, 2.75) is 220 Å². The van der Waals surface area contributed by atoms with Crippen LogP contribution in [0.15, 0.2) is 0 Å². The molecule has 0 aliphatic carbocycles. The standard InChI is InChI=1S/C43H88NO7P/c1-4-7-10-13-17-24-30-39-48-43(46)34-27-21-20-23-29-36-44(37-38-45)35-28-22-16-15-19-26-33-42-51-52(47,49-40-31-12-9-6-3)50-41-32-25-18-14-11-8-5-2/h45H,4-42H2,1-3H3. The number of nitrogens with zero attached hydrogens (tertiary/aromatic N) is 1. The molecule has 0 radical (unpaired) electrons. The average molecular weight is 762 g/mol. The number of esters is 1. The van der Waals surface area contributed by atoms with E-state index < -0.39 is 7.82 Å². The van der Waals surface area contributed by atoms with E-state index in [-0.39, 0.29) is 12.6 Å². The molecule has 0 aromatic heterocycles. The highest BCUT2D eigenvalue weighted by atomic mass is 31.2. The first-order valence-corrected chi connectivity index (χ1v) is 24.0. The normalized spacial score (nSPS) is 12.9. The smallest absolute Gasteiger partial charge is 0.466 e. The third-order valence-corrected chi connectivity index (χ3v) is 11.4. The number of unbranched alkanes of at least 4 members (excludes halogenated alkanes) is 25. The molecule has 8 nitrogen and oxygen atoms in total. The van der Waals surface area contributed by atoms with Crippen LogP contribution >= 0.6 is 7.82 Å². The van der Waals surface area contributed by atoms with Gasteiger partial charge in [0.1, 0.15) is 0 Å². The second-order valence-electron chi connectivity index (χ2n) is 15.0. The van der Waals surface area contributed by atoms with Gasteiger partial charge in [-0.25, -0.2) is 4.57 Å². The Bertz CT molecular complexity index is 772. The Hall–Kier alpha value is -0.500. The fourth-order valence-corrected chi connectivity index (χ4v) is 7.76. The maximum Gasteiger partial charge on any atom is 0.474 e. The molecular weight excluding hydrogens is 673 g/mol. The lowest BCUT2D eigenvalue weighted by atomic mass is 10.1. The minimum Gasteiger partial charge on any atom is -0.466 e. The maximum absolute atomic E-state index is 13.2. The largest absolute Gasteiger partial charge is 0.474 e. The number of phosphoric ester groups is 1. The van der Waals surface area contributed by atoms with Gasteiger partial charge in [-0.05, 0) is 58.0 Å². The van der Waals surface area contributed by atoms with E-state index in [2.05, 4.69) is 25.7 Å². The van der Waals surface area contributed by atoms with Gasteiger partial charge in [-0.15, -0.1) is 0 Å². The van der Waals surface area contributed by atoms with E-state index in [1.807, 2.05) is 0 Å². The number of aliphatic hydroxyl groups excluding tert-OH is 1. The fraction of sp³-hybridized carbons (Fsp3) is 0.977. The number of carbonyl (C=O) groups is 1. The highest BCUT2D eigenvalue weighted by Crippen LogP contribution is 2.50. The van der Waals surface area contributed by atoms with E-state index >= 15 is 0 Å². The quantitative estimate of drug-likeness (QED) is 0.0372. The summed E-state index contributed by atoms with van der Waals surface area (Å²) in [6.07, 6.45) is 35.2. The monoisotopic (exact) mass is 762 g/mol. The summed E-state index contributed by atoms with van der Waals surface area (Å²) < 4.78 is 35.8. The van der Waals surface area contributed by atoms with Crippen LogP contribution < -0.4 is 0 Å². The Kier molecular flexibility index (Phi) is 41.3. The third-order valence-electron chi connectivity index (χ3n) is 9.90. The van der Waals surface area contributed by atoms with Gasteiger partial charge in [0.25, 0.3) is 0 Å². The molecule has 0 aliphatic heterocycles. The van der Waals surface area contributed by atoms with E-state index in [4.69, 9.17) is 18.3 Å². The Labute approximate surface area is 323 Å². The molecule has 0 saturated heterocycles. The first-order chi connectivity index (χ1) is 25.5. The Morgan fingerprint density at radius 1 is 0.442 bits per heavy atom. The van der Waals surface area contributed by atoms with Gasteiger partial charge in [0.05, 0.1) is 33.0 Å². The molecule has 52 heavy (non-hydrogen) atoms. The van der Waals surface area contributed by atoms with E-state index in [1.54, 1.807) is 0 Å². The summed E-state index contributed by atoms with van der Waals surface area (Å²) in [5.41, 5.74) is 0. The highest BCUT2D eigenvalue weighted by Gasteiger charge is 2.26. The fourth-order valence-electron chi connectivity index (χ4n) is 6.48. The van der Waals surface area contributed by atoms with Gasteiger partial charge in [-0.3, -0.25) is 18.4 Å². The summed E-state index contributed by atoms with van der Waals surface area (Å²) in [5, 5.41) is 9.53. The Morgan fingerprint density at radius 3 is 1.17 bits per heavy atom. The summed E-state index contributed by atoms with van der Waals surface area (Å²) in [6, 6.07) is 0. The van der Waals surface area contributed by atoms with Gasteiger partial charge >= 0.3 is 13.8 Å². The Balaban J connectivity index is 3.91. The summed E-state index contributed by atoms with van der Waals surface area (Å²) in [4.78, 5) is 14.4. The highest BCUT2D eigenvalue weighted by molar-refractivity contribution is 7.48. The van der Waals surface area contributed by atoms with Crippen LogP contribution in [-0.2, 0) is 27.7 Å². The zero-order chi connectivity index (χ0) is 38.1. The zero-order valence-corrected chi connectivity index (χ0v) is 35.8. The Morgan fingerprint density at radius 2 is 0.769 bits per heavy atom. The number of rotatable bonds is 44. The number of aliphatic hydroxyl groups is 1. The van der Waals surface area contributed by atoms with Crippen LogP contribution in [0.5, 0.6) is 0 Å². The lowest BCUT2D eigenvalue weighted by molar-refractivity contribution is -0.143. The van der Waals surface area contributed by atoms with Crippen LogP contribution in [0, 0.1) is 0 Å². The van der Waals surface area contributed by atoms with Gasteiger partial charge in [-0.1, -0.05) is 168 Å². The second-order valence-corrected chi connectivity index (χ2v) is 16.7. The van der Waals surface area contributed by atoms with Crippen LogP contribution in [0.2, 0.25) is 0 Å². The summed E-state index contributed by atoms with van der Waals surface area (Å²) in [7, 11) is -3.49. The van der Waals surface area contributed by atoms with Gasteiger partial charge in [0, 0.05) is 13.0 Å². The molecular formula is C43H88NO7P. The molecule has 0 amide bonds. The third kappa shape index (κ3) is 37.8. The van der Waals surface area contributed by atoms with Crippen LogP contribution in [0.4, 0.5) is 0 Å². The van der Waals surface area contributed by atoms with E-state index in [9.17, 15) is 14.5 Å². The van der Waals surface area contributed by atoms with Crippen LogP contribution in [0.3, 0.4) is 0 Å². The number of phosphoric acid groups is 1. The predicted octanol–water partition coefficient (Wildman–Crippen LogP) is 13.1. The van der Waals surface area contributed by atoms with Crippen molar-refractivity contribution in [3.8, 4) is 0 Å². The number of ether oxygens (including phenoxy) is 1. The molecule has 0 aromatic carbocycles. The van der Waals surface area contributed by atoms with Crippen molar-refractivity contribution in [2.75, 3.05) is 52.7 Å². The molecule has 0 rings (SSSR count). The molecule has 0 aromatic rings. The average Bonchev–Trinajstić information content (AvgIpc) is 3.14. The van der Waals surface area contributed by atoms with Crippen molar-refractivity contribution >= 4 is 13.8 Å². The SMILES string of the molecule is CCCCCCCCCOC(=O)CCCCCCCN(CCO)CCCCCCCCCOP(=O)(OCCCCCC)OCCCCCCCCC. The molecule has 1 atom stereocenters. The minimum absolute atomic E-state index is 0.0331. The molecule has 9 heteroatoms. The van der Waals surface area contributed by atoms with Gasteiger partial charge < -0.3 is 14.7 Å². The molecule has 0 aliphatic rings. The predicted molar refractivity (Wildman–Crippen MR) is 220 cm³/mol. The summed E-state index contributed by atoms with van der Waals surface area (Å²) in [5.74, 6) is -0.0331. The van der Waals surface area contributed by atoms with Crippen molar-refractivity contribution < 1.29 is 32.8 Å². The molecule has 0 saturated carbocycles. The van der Waals surface area contributed by atoms with Crippen LogP contribution in [-0.4, -0.2) is 68.6 Å². The molecule has 0 fully saturated rings. The van der Waals surface area contributed by atoms with Crippen molar-refractivity contribution in [1.29, 1.82) is 0 Å². The van der Waals surface area contributed by atoms with Crippen LogP contribution in [0.1, 0.15) is 220 Å². The lowest BCUT2D eigenvalue weighted by Gasteiger charge is -2.21. The maximum atomic E-state index is 13.2. The van der Waals surface area contributed by atoms with Gasteiger partial charge in [-0.2, -0.15) is 0 Å². The minimum atomic E-state index is -3.49.